The van der Waals surface area contributed by atoms with Gasteiger partial charge in [0.25, 0.3) is 0 Å². The van der Waals surface area contributed by atoms with Gasteiger partial charge >= 0.3 is 0 Å². The first-order valence-corrected chi connectivity index (χ1v) is 8.07. The highest BCUT2D eigenvalue weighted by Crippen LogP contribution is 2.24. The third-order valence-electron chi connectivity index (χ3n) is 4.14. The Morgan fingerprint density at radius 1 is 0.750 bits per heavy atom. The van der Waals surface area contributed by atoms with E-state index in [4.69, 9.17) is 0 Å². The van der Waals surface area contributed by atoms with Crippen molar-refractivity contribution in [3.8, 4) is 0 Å². The zero-order chi connectivity index (χ0) is 11.6. The van der Waals surface area contributed by atoms with Crippen LogP contribution in [0.3, 0.4) is 0 Å². The molecule has 1 saturated carbocycles. The van der Waals surface area contributed by atoms with E-state index < -0.39 is 0 Å². The van der Waals surface area contributed by atoms with E-state index in [1.165, 1.54) is 70.6 Å². The quantitative estimate of drug-likeness (QED) is 0.579. The highest BCUT2D eigenvalue weighted by atomic mass is 32.1. The van der Waals surface area contributed by atoms with Crippen molar-refractivity contribution in [3.63, 3.8) is 0 Å². The van der Waals surface area contributed by atoms with Crippen molar-refractivity contribution >= 4 is 12.6 Å². The van der Waals surface area contributed by atoms with Gasteiger partial charge in [0.05, 0.1) is 0 Å². The second-order valence-electron chi connectivity index (χ2n) is 5.78. The van der Waals surface area contributed by atoms with E-state index in [1.807, 2.05) is 0 Å². The lowest BCUT2D eigenvalue weighted by Gasteiger charge is -2.17. The highest BCUT2D eigenvalue weighted by Gasteiger charge is 2.10. The predicted octanol–water partition coefficient (Wildman–Crippen LogP) is 5.47. The monoisotopic (exact) mass is 242 g/mol. The Kier molecular flexibility index (Phi) is 8.46. The van der Waals surface area contributed by atoms with Crippen molar-refractivity contribution in [2.45, 2.75) is 77.6 Å². The van der Waals surface area contributed by atoms with Crippen LogP contribution in [-0.2, 0) is 0 Å². The van der Waals surface area contributed by atoms with Gasteiger partial charge in [-0.1, -0.05) is 64.7 Å². The molecule has 1 fully saturated rings. The van der Waals surface area contributed by atoms with Crippen molar-refractivity contribution < 1.29 is 0 Å². The molecule has 2 atom stereocenters. The molecule has 0 aromatic heterocycles. The highest BCUT2D eigenvalue weighted by molar-refractivity contribution is 7.80. The molecule has 0 saturated heterocycles. The molecule has 2 unspecified atom stereocenters. The minimum absolute atomic E-state index is 0.895. The normalized spacial score (nSPS) is 31.1. The molecule has 0 heterocycles. The maximum atomic E-state index is 4.51. The Labute approximate surface area is 108 Å². The smallest absolute Gasteiger partial charge is 0.00695 e. The van der Waals surface area contributed by atoms with Crippen LogP contribution in [0.15, 0.2) is 0 Å². The third kappa shape index (κ3) is 6.83. The molecule has 1 aliphatic carbocycles. The number of thiol groups is 1. The molecule has 1 aliphatic rings. The van der Waals surface area contributed by atoms with E-state index in [0.29, 0.717) is 0 Å². The van der Waals surface area contributed by atoms with Gasteiger partial charge in [0.2, 0.25) is 0 Å². The first kappa shape index (κ1) is 14.4. The van der Waals surface area contributed by atoms with Gasteiger partial charge in [0.15, 0.2) is 0 Å². The van der Waals surface area contributed by atoms with E-state index in [2.05, 4.69) is 19.6 Å². The molecule has 1 heteroatoms. The summed E-state index contributed by atoms with van der Waals surface area (Å²) in [6.07, 6.45) is 16.0. The minimum atomic E-state index is 0.895. The number of hydrogen-bond acceptors (Lipinski definition) is 1. The summed E-state index contributed by atoms with van der Waals surface area (Å²) in [6, 6.07) is 0. The maximum Gasteiger partial charge on any atom is -0.00695 e. The molecule has 0 amide bonds. The van der Waals surface area contributed by atoms with Gasteiger partial charge < -0.3 is 0 Å². The van der Waals surface area contributed by atoms with Crippen LogP contribution in [0.25, 0.3) is 0 Å². The Hall–Kier alpha value is 0.350. The molecule has 0 aliphatic heterocycles. The zero-order valence-corrected chi connectivity index (χ0v) is 12.0. The molecule has 0 bridgehead atoms. The molecule has 96 valence electrons. The second-order valence-corrected chi connectivity index (χ2v) is 6.15. The van der Waals surface area contributed by atoms with Gasteiger partial charge in [-0.25, -0.2) is 0 Å². The van der Waals surface area contributed by atoms with Gasteiger partial charge in [-0.2, -0.15) is 12.6 Å². The standard InChI is InChI=1S/C15H30S/c1-14-9-7-5-3-2-4-6-8-10-15(13-16)12-11-14/h14-16H,2-13H2,1H3. The summed E-state index contributed by atoms with van der Waals surface area (Å²) in [5, 5.41) is 0. The van der Waals surface area contributed by atoms with Gasteiger partial charge in [-0.05, 0) is 30.4 Å². The Bertz CT molecular complexity index is 156. The third-order valence-corrected chi connectivity index (χ3v) is 4.65. The average molecular weight is 242 g/mol. The molecule has 16 heavy (non-hydrogen) atoms. The number of rotatable bonds is 1. The summed E-state index contributed by atoms with van der Waals surface area (Å²) in [4.78, 5) is 0. The van der Waals surface area contributed by atoms with Crippen LogP contribution in [0, 0.1) is 11.8 Å². The Morgan fingerprint density at radius 3 is 1.94 bits per heavy atom. The molecule has 0 nitrogen and oxygen atoms in total. The van der Waals surface area contributed by atoms with Crippen LogP contribution < -0.4 is 0 Å². The zero-order valence-electron chi connectivity index (χ0n) is 11.1. The first-order valence-electron chi connectivity index (χ1n) is 7.43. The van der Waals surface area contributed by atoms with Gasteiger partial charge in [0, 0.05) is 0 Å². The van der Waals surface area contributed by atoms with Crippen molar-refractivity contribution in [3.05, 3.63) is 0 Å². The SMILES string of the molecule is CC1CCCCCCCCCC(CS)CC1. The second kappa shape index (κ2) is 9.39. The lowest BCUT2D eigenvalue weighted by molar-refractivity contribution is 0.388. The fourth-order valence-electron chi connectivity index (χ4n) is 2.80. The van der Waals surface area contributed by atoms with Crippen molar-refractivity contribution in [2.24, 2.45) is 11.8 Å². The fourth-order valence-corrected chi connectivity index (χ4v) is 3.17. The van der Waals surface area contributed by atoms with Crippen LogP contribution in [0.1, 0.15) is 77.6 Å². The van der Waals surface area contributed by atoms with E-state index in [9.17, 15) is 0 Å². The van der Waals surface area contributed by atoms with Crippen LogP contribution in [0.2, 0.25) is 0 Å². The summed E-state index contributed by atoms with van der Waals surface area (Å²) in [7, 11) is 0. The Morgan fingerprint density at radius 2 is 1.31 bits per heavy atom. The van der Waals surface area contributed by atoms with Crippen LogP contribution >= 0.6 is 12.6 Å². The molecule has 1 rings (SSSR count). The molecular weight excluding hydrogens is 212 g/mol. The fraction of sp³-hybridized carbons (Fsp3) is 1.00. The molecule has 0 aromatic rings. The van der Waals surface area contributed by atoms with Crippen LogP contribution in [0.5, 0.6) is 0 Å². The van der Waals surface area contributed by atoms with E-state index in [-0.39, 0.29) is 0 Å². The first-order chi connectivity index (χ1) is 7.83. The lowest BCUT2D eigenvalue weighted by Crippen LogP contribution is -2.05. The summed E-state index contributed by atoms with van der Waals surface area (Å²) < 4.78 is 0. The van der Waals surface area contributed by atoms with E-state index in [0.717, 1.165) is 17.6 Å². The van der Waals surface area contributed by atoms with E-state index >= 15 is 0 Å². The van der Waals surface area contributed by atoms with Crippen molar-refractivity contribution in [1.29, 1.82) is 0 Å². The summed E-state index contributed by atoms with van der Waals surface area (Å²) in [6.45, 7) is 2.44. The molecule has 0 spiro atoms. The number of hydrogen-bond donors (Lipinski definition) is 1. The molecule has 0 aromatic carbocycles. The van der Waals surface area contributed by atoms with Crippen molar-refractivity contribution in [2.75, 3.05) is 5.75 Å². The summed E-state index contributed by atoms with van der Waals surface area (Å²) in [5.74, 6) is 2.95. The van der Waals surface area contributed by atoms with Crippen molar-refractivity contribution in [1.82, 2.24) is 0 Å². The van der Waals surface area contributed by atoms with Crippen LogP contribution in [-0.4, -0.2) is 5.75 Å². The summed E-state index contributed by atoms with van der Waals surface area (Å²) in [5.41, 5.74) is 0. The molecule has 0 N–H and O–H groups in total. The van der Waals surface area contributed by atoms with Crippen LogP contribution in [0.4, 0.5) is 0 Å². The molecule has 0 radical (unpaired) electrons. The van der Waals surface area contributed by atoms with E-state index in [1.54, 1.807) is 0 Å². The average Bonchev–Trinajstić information content (AvgIpc) is 2.31. The van der Waals surface area contributed by atoms with Gasteiger partial charge in [-0.15, -0.1) is 0 Å². The minimum Gasteiger partial charge on any atom is -0.179 e. The summed E-state index contributed by atoms with van der Waals surface area (Å²) >= 11 is 4.51. The lowest BCUT2D eigenvalue weighted by atomic mass is 9.91. The molecular formula is C15H30S. The maximum absolute atomic E-state index is 4.51. The largest absolute Gasteiger partial charge is 0.179 e. The topological polar surface area (TPSA) is 0 Å². The Balaban J connectivity index is 2.28. The van der Waals surface area contributed by atoms with Gasteiger partial charge in [0.1, 0.15) is 0 Å². The van der Waals surface area contributed by atoms with Gasteiger partial charge in [-0.3, -0.25) is 0 Å². The predicted molar refractivity (Wildman–Crippen MR) is 77.3 cm³/mol.